The summed E-state index contributed by atoms with van der Waals surface area (Å²) in [5.41, 5.74) is 0. The Hall–Kier alpha value is -1.39. The minimum Gasteiger partial charge on any atom is -0.335 e. The van der Waals surface area contributed by atoms with E-state index in [1.54, 1.807) is 11.3 Å². The second-order valence-corrected chi connectivity index (χ2v) is 6.84. The van der Waals surface area contributed by atoms with Crippen molar-refractivity contribution >= 4 is 27.3 Å². The maximum absolute atomic E-state index is 12.5. The minimum atomic E-state index is 0.210. The van der Waals surface area contributed by atoms with Crippen LogP contribution < -0.4 is 0 Å². The van der Waals surface area contributed by atoms with Gasteiger partial charge in [-0.15, -0.1) is 11.3 Å². The van der Waals surface area contributed by atoms with Crippen LogP contribution in [0.1, 0.15) is 22.5 Å². The van der Waals surface area contributed by atoms with Gasteiger partial charge < -0.3 is 4.90 Å². The molecule has 3 nitrogen and oxygen atoms in total. The number of benzene rings is 1. The fraction of sp³-hybridized carbons (Fsp3) is 0.438. The SMILES string of the molecule is O=C(c1cc2ccccc2s1)N1CC(N2CCCC2)C1. The van der Waals surface area contributed by atoms with Crippen LogP contribution in [-0.2, 0) is 0 Å². The molecule has 4 heteroatoms. The molecule has 1 aromatic heterocycles. The molecule has 0 radical (unpaired) electrons. The van der Waals surface area contributed by atoms with E-state index in [-0.39, 0.29) is 5.91 Å². The largest absolute Gasteiger partial charge is 0.335 e. The molecule has 0 atom stereocenters. The van der Waals surface area contributed by atoms with Crippen LogP contribution in [-0.4, -0.2) is 47.9 Å². The van der Waals surface area contributed by atoms with E-state index in [9.17, 15) is 4.79 Å². The first kappa shape index (κ1) is 12.4. The van der Waals surface area contributed by atoms with E-state index >= 15 is 0 Å². The number of amides is 1. The van der Waals surface area contributed by atoms with Gasteiger partial charge in [-0.05, 0) is 43.5 Å². The van der Waals surface area contributed by atoms with E-state index in [1.807, 2.05) is 23.1 Å². The van der Waals surface area contributed by atoms with Gasteiger partial charge in [0.15, 0.2) is 0 Å². The number of carbonyl (C=O) groups excluding carboxylic acids is 1. The normalized spacial score (nSPS) is 20.5. The number of carbonyl (C=O) groups is 1. The third-order valence-electron chi connectivity index (χ3n) is 4.44. The lowest BCUT2D eigenvalue weighted by Crippen LogP contribution is -2.60. The Labute approximate surface area is 122 Å². The summed E-state index contributed by atoms with van der Waals surface area (Å²) in [6.07, 6.45) is 2.64. The molecule has 4 rings (SSSR count). The lowest BCUT2D eigenvalue weighted by Gasteiger charge is -2.43. The Morgan fingerprint density at radius 2 is 1.90 bits per heavy atom. The van der Waals surface area contributed by atoms with E-state index in [2.05, 4.69) is 17.0 Å². The highest BCUT2D eigenvalue weighted by Gasteiger charge is 2.36. The van der Waals surface area contributed by atoms with Gasteiger partial charge in [0.25, 0.3) is 5.91 Å². The predicted molar refractivity (Wildman–Crippen MR) is 82.3 cm³/mol. The van der Waals surface area contributed by atoms with Crippen LogP contribution in [0.2, 0.25) is 0 Å². The quantitative estimate of drug-likeness (QED) is 0.847. The van der Waals surface area contributed by atoms with Crippen LogP contribution in [0.15, 0.2) is 30.3 Å². The van der Waals surface area contributed by atoms with Gasteiger partial charge in [-0.25, -0.2) is 0 Å². The van der Waals surface area contributed by atoms with Crippen molar-refractivity contribution in [2.75, 3.05) is 26.2 Å². The molecule has 2 saturated heterocycles. The topological polar surface area (TPSA) is 23.6 Å². The standard InChI is InChI=1S/C16H18N2OS/c19-16(15-9-12-5-1-2-6-14(12)20-15)18-10-13(11-18)17-7-3-4-8-17/h1-2,5-6,9,13H,3-4,7-8,10-11H2. The Morgan fingerprint density at radius 1 is 1.15 bits per heavy atom. The van der Waals surface area contributed by atoms with Gasteiger partial charge in [0, 0.05) is 23.8 Å². The molecule has 3 heterocycles. The molecule has 1 amide bonds. The van der Waals surface area contributed by atoms with Gasteiger partial charge in [0.05, 0.1) is 4.88 Å². The number of nitrogens with zero attached hydrogens (tertiary/aromatic N) is 2. The van der Waals surface area contributed by atoms with Crippen molar-refractivity contribution in [1.82, 2.24) is 9.80 Å². The second kappa shape index (κ2) is 4.86. The number of hydrogen-bond donors (Lipinski definition) is 0. The summed E-state index contributed by atoms with van der Waals surface area (Å²) in [5.74, 6) is 0.210. The average molecular weight is 286 g/mol. The molecule has 0 spiro atoms. The van der Waals surface area contributed by atoms with E-state index < -0.39 is 0 Å². The average Bonchev–Trinajstić information content (AvgIpc) is 3.05. The van der Waals surface area contributed by atoms with Gasteiger partial charge in [-0.2, -0.15) is 0 Å². The lowest BCUT2D eigenvalue weighted by molar-refractivity contribution is 0.0339. The first-order valence-corrected chi connectivity index (χ1v) is 8.15. The summed E-state index contributed by atoms with van der Waals surface area (Å²) < 4.78 is 1.20. The van der Waals surface area contributed by atoms with Crippen molar-refractivity contribution < 1.29 is 4.79 Å². The van der Waals surface area contributed by atoms with Gasteiger partial charge in [0.1, 0.15) is 0 Å². The van der Waals surface area contributed by atoms with Crippen LogP contribution in [0.3, 0.4) is 0 Å². The highest BCUT2D eigenvalue weighted by molar-refractivity contribution is 7.20. The molecule has 0 saturated carbocycles. The van der Waals surface area contributed by atoms with E-state index in [0.717, 1.165) is 18.0 Å². The van der Waals surface area contributed by atoms with Gasteiger partial charge in [-0.3, -0.25) is 9.69 Å². The van der Waals surface area contributed by atoms with Crippen LogP contribution in [0.5, 0.6) is 0 Å². The van der Waals surface area contributed by atoms with E-state index in [1.165, 1.54) is 36.0 Å². The fourth-order valence-electron chi connectivity index (χ4n) is 3.20. The molecule has 20 heavy (non-hydrogen) atoms. The number of rotatable bonds is 2. The Balaban J connectivity index is 1.45. The van der Waals surface area contributed by atoms with Crippen LogP contribution in [0, 0.1) is 0 Å². The van der Waals surface area contributed by atoms with Crippen molar-refractivity contribution in [2.24, 2.45) is 0 Å². The molecule has 0 aliphatic carbocycles. The summed E-state index contributed by atoms with van der Waals surface area (Å²) in [6, 6.07) is 10.9. The molecular formula is C16H18N2OS. The van der Waals surface area contributed by atoms with Gasteiger partial charge >= 0.3 is 0 Å². The van der Waals surface area contributed by atoms with Crippen molar-refractivity contribution in [1.29, 1.82) is 0 Å². The van der Waals surface area contributed by atoms with Crippen LogP contribution >= 0.6 is 11.3 Å². The van der Waals surface area contributed by atoms with E-state index in [0.29, 0.717) is 6.04 Å². The third kappa shape index (κ3) is 2.03. The number of likely N-dealkylation sites (tertiary alicyclic amines) is 2. The Kier molecular flexibility index (Phi) is 3.00. The number of hydrogen-bond acceptors (Lipinski definition) is 3. The minimum absolute atomic E-state index is 0.210. The zero-order valence-electron chi connectivity index (χ0n) is 11.4. The lowest BCUT2D eigenvalue weighted by atomic mass is 10.1. The monoisotopic (exact) mass is 286 g/mol. The maximum Gasteiger partial charge on any atom is 0.264 e. The highest BCUT2D eigenvalue weighted by atomic mass is 32.1. The van der Waals surface area contributed by atoms with Gasteiger partial charge in [0.2, 0.25) is 0 Å². The molecular weight excluding hydrogens is 268 g/mol. The molecule has 2 aliphatic heterocycles. The van der Waals surface area contributed by atoms with Crippen molar-refractivity contribution in [2.45, 2.75) is 18.9 Å². The first-order valence-electron chi connectivity index (χ1n) is 7.33. The summed E-state index contributed by atoms with van der Waals surface area (Å²) in [4.78, 5) is 17.9. The first-order chi connectivity index (χ1) is 9.81. The third-order valence-corrected chi connectivity index (χ3v) is 5.55. The van der Waals surface area contributed by atoms with Crippen molar-refractivity contribution in [3.05, 3.63) is 35.2 Å². The zero-order chi connectivity index (χ0) is 13.5. The summed E-state index contributed by atoms with van der Waals surface area (Å²) in [6.45, 7) is 4.26. The van der Waals surface area contributed by atoms with Crippen LogP contribution in [0.4, 0.5) is 0 Å². The van der Waals surface area contributed by atoms with Crippen molar-refractivity contribution in [3.8, 4) is 0 Å². The molecule has 104 valence electrons. The zero-order valence-corrected chi connectivity index (χ0v) is 12.2. The molecule has 2 aliphatic rings. The molecule has 0 N–H and O–H groups in total. The summed E-state index contributed by atoms with van der Waals surface area (Å²) in [7, 11) is 0. The molecule has 0 unspecified atom stereocenters. The Morgan fingerprint density at radius 3 is 2.65 bits per heavy atom. The smallest absolute Gasteiger partial charge is 0.264 e. The van der Waals surface area contributed by atoms with Crippen molar-refractivity contribution in [3.63, 3.8) is 0 Å². The van der Waals surface area contributed by atoms with Crippen LogP contribution in [0.25, 0.3) is 10.1 Å². The predicted octanol–water partition coefficient (Wildman–Crippen LogP) is 2.82. The molecule has 2 aromatic rings. The molecule has 0 bridgehead atoms. The Bertz CT molecular complexity index is 606. The highest BCUT2D eigenvalue weighted by Crippen LogP contribution is 2.28. The summed E-state index contributed by atoms with van der Waals surface area (Å²) >= 11 is 1.61. The van der Waals surface area contributed by atoms with E-state index in [4.69, 9.17) is 0 Å². The number of thiophene rings is 1. The second-order valence-electron chi connectivity index (χ2n) is 5.76. The fourth-order valence-corrected chi connectivity index (χ4v) is 4.23. The molecule has 2 fully saturated rings. The maximum atomic E-state index is 12.5. The molecule has 1 aromatic carbocycles. The number of fused-ring (bicyclic) bond motifs is 1. The summed E-state index contributed by atoms with van der Waals surface area (Å²) in [5, 5.41) is 1.18. The van der Waals surface area contributed by atoms with Gasteiger partial charge in [-0.1, -0.05) is 18.2 Å².